The first-order valence-corrected chi connectivity index (χ1v) is 10.4. The summed E-state index contributed by atoms with van der Waals surface area (Å²) in [6.07, 6.45) is 12.9. The zero-order chi connectivity index (χ0) is 20.8. The van der Waals surface area contributed by atoms with E-state index in [0.29, 0.717) is 25.7 Å². The third-order valence-corrected chi connectivity index (χ3v) is 5.20. The molecule has 0 saturated heterocycles. The van der Waals surface area contributed by atoms with Crippen LogP contribution >= 0.6 is 0 Å². The van der Waals surface area contributed by atoms with Gasteiger partial charge < -0.3 is 20.1 Å². The molecule has 0 aromatic rings. The largest absolute Gasteiger partial charge is 0.481 e. The third kappa shape index (κ3) is 10.2. The number of carbonyl (C=O) groups is 2. The number of aliphatic hydroxyl groups is 2. The van der Waals surface area contributed by atoms with E-state index in [1.165, 1.54) is 0 Å². The molecule has 6 nitrogen and oxygen atoms in total. The molecule has 160 valence electrons. The monoisotopic (exact) mass is 396 g/mol. The number of aliphatic hydroxyl groups excluding tert-OH is 2. The van der Waals surface area contributed by atoms with Crippen LogP contribution in [0.4, 0.5) is 0 Å². The zero-order valence-electron chi connectivity index (χ0n) is 17.0. The smallest absolute Gasteiger partial charge is 0.303 e. The van der Waals surface area contributed by atoms with E-state index >= 15 is 0 Å². The van der Waals surface area contributed by atoms with Crippen LogP contribution in [0.1, 0.15) is 64.2 Å². The number of carboxylic acid groups (broad SMARTS) is 1. The Morgan fingerprint density at radius 1 is 1.21 bits per heavy atom. The van der Waals surface area contributed by atoms with Gasteiger partial charge in [0.25, 0.3) is 0 Å². The number of rotatable bonds is 15. The molecule has 4 atom stereocenters. The molecule has 3 N–H and O–H groups in total. The summed E-state index contributed by atoms with van der Waals surface area (Å²) >= 11 is 0. The Morgan fingerprint density at radius 2 is 1.96 bits per heavy atom. The highest BCUT2D eigenvalue weighted by Crippen LogP contribution is 2.33. The van der Waals surface area contributed by atoms with Gasteiger partial charge in [0, 0.05) is 38.4 Å². The number of carbonyl (C=O) groups excluding carboxylic acids is 1. The number of unbranched alkanes of at least 4 members (excludes halogenated alkanes) is 4. The van der Waals surface area contributed by atoms with Crippen LogP contribution in [0.5, 0.6) is 0 Å². The molecule has 28 heavy (non-hydrogen) atoms. The normalized spacial score (nSPS) is 23.8. The molecule has 0 aromatic heterocycles. The molecule has 0 bridgehead atoms. The lowest BCUT2D eigenvalue weighted by molar-refractivity contribution is -0.137. The van der Waals surface area contributed by atoms with Crippen LogP contribution in [0.25, 0.3) is 0 Å². The molecular formula is C22H36O6. The summed E-state index contributed by atoms with van der Waals surface area (Å²) in [6.45, 7) is 0.769. The summed E-state index contributed by atoms with van der Waals surface area (Å²) in [5, 5.41) is 28.9. The predicted octanol–water partition coefficient (Wildman–Crippen LogP) is 3.27. The molecule has 6 heteroatoms. The number of aliphatic carboxylic acids is 1. The number of methoxy groups -OCH3 is 1. The maximum absolute atomic E-state index is 12.2. The summed E-state index contributed by atoms with van der Waals surface area (Å²) in [4.78, 5) is 22.7. The number of allylic oxidation sites excluding steroid dienone is 2. The van der Waals surface area contributed by atoms with Crippen LogP contribution in [-0.2, 0) is 14.3 Å². The van der Waals surface area contributed by atoms with Gasteiger partial charge in [0.15, 0.2) is 0 Å². The molecule has 0 amide bonds. The lowest BCUT2D eigenvalue weighted by Gasteiger charge is -2.16. The first kappa shape index (κ1) is 24.5. The fourth-order valence-electron chi connectivity index (χ4n) is 3.57. The van der Waals surface area contributed by atoms with E-state index < -0.39 is 18.2 Å². The first-order valence-electron chi connectivity index (χ1n) is 10.4. The van der Waals surface area contributed by atoms with E-state index in [0.717, 1.165) is 32.3 Å². The van der Waals surface area contributed by atoms with Gasteiger partial charge in [-0.2, -0.15) is 0 Å². The lowest BCUT2D eigenvalue weighted by Crippen LogP contribution is -2.18. The number of ether oxygens (including phenoxy) is 1. The average Bonchev–Trinajstić information content (AvgIpc) is 2.91. The van der Waals surface area contributed by atoms with Crippen molar-refractivity contribution in [3.8, 4) is 0 Å². The van der Waals surface area contributed by atoms with Gasteiger partial charge in [-0.1, -0.05) is 43.6 Å². The molecule has 0 heterocycles. The van der Waals surface area contributed by atoms with Crippen molar-refractivity contribution >= 4 is 11.8 Å². The van der Waals surface area contributed by atoms with E-state index in [1.807, 2.05) is 12.2 Å². The van der Waals surface area contributed by atoms with Crippen molar-refractivity contribution in [3.63, 3.8) is 0 Å². The summed E-state index contributed by atoms with van der Waals surface area (Å²) in [7, 11) is 1.69. The van der Waals surface area contributed by atoms with Gasteiger partial charge in [0.05, 0.1) is 12.2 Å². The number of hydrogen-bond donors (Lipinski definition) is 3. The molecule has 1 fully saturated rings. The highest BCUT2D eigenvalue weighted by Gasteiger charge is 2.39. The SMILES string of the molecule is COCCCCCC[C@H](O)C=C[C@H]1[C@H](O)CC(=O)[C@@H]1CC=CCCCC(=O)O. The van der Waals surface area contributed by atoms with E-state index in [-0.39, 0.29) is 30.5 Å². The molecule has 0 unspecified atom stereocenters. The standard InChI is InChI=1S/C22H36O6/c1-28-15-9-5-4-6-10-17(23)13-14-19-18(20(24)16-21(19)25)11-7-2-3-8-12-22(26)27/h2,7,13-14,17-19,21,23,25H,3-6,8-12,15-16H2,1H3,(H,26,27)/t17-,18+,19+,21+/m0/s1. The highest BCUT2D eigenvalue weighted by atomic mass is 16.5. The summed E-state index contributed by atoms with van der Waals surface area (Å²) in [6, 6.07) is 0. The van der Waals surface area contributed by atoms with Gasteiger partial charge in [-0.15, -0.1) is 0 Å². The van der Waals surface area contributed by atoms with E-state index in [1.54, 1.807) is 19.3 Å². The Balaban J connectivity index is 2.38. The summed E-state index contributed by atoms with van der Waals surface area (Å²) in [5.41, 5.74) is 0. The number of hydrogen-bond acceptors (Lipinski definition) is 5. The number of ketones is 1. The van der Waals surface area contributed by atoms with Gasteiger partial charge in [-0.05, 0) is 32.1 Å². The van der Waals surface area contributed by atoms with Crippen LogP contribution in [0.3, 0.4) is 0 Å². The van der Waals surface area contributed by atoms with Crippen molar-refractivity contribution < 1.29 is 29.6 Å². The zero-order valence-corrected chi connectivity index (χ0v) is 17.0. The van der Waals surface area contributed by atoms with Crippen LogP contribution in [0.2, 0.25) is 0 Å². The molecule has 1 aliphatic carbocycles. The van der Waals surface area contributed by atoms with Gasteiger partial charge in [-0.25, -0.2) is 0 Å². The van der Waals surface area contributed by atoms with Gasteiger partial charge in [0.1, 0.15) is 5.78 Å². The first-order chi connectivity index (χ1) is 13.5. The Kier molecular flexibility index (Phi) is 12.7. The minimum absolute atomic E-state index is 0.0463. The van der Waals surface area contributed by atoms with Crippen molar-refractivity contribution in [3.05, 3.63) is 24.3 Å². The minimum Gasteiger partial charge on any atom is -0.481 e. The Morgan fingerprint density at radius 3 is 2.68 bits per heavy atom. The molecule has 0 aromatic carbocycles. The maximum atomic E-state index is 12.2. The van der Waals surface area contributed by atoms with E-state index in [2.05, 4.69) is 0 Å². The lowest BCUT2D eigenvalue weighted by atomic mass is 9.90. The Hall–Kier alpha value is -1.50. The third-order valence-electron chi connectivity index (χ3n) is 5.20. The van der Waals surface area contributed by atoms with Gasteiger partial charge in [-0.3, -0.25) is 9.59 Å². The van der Waals surface area contributed by atoms with Crippen molar-refractivity contribution in [2.45, 2.75) is 76.4 Å². The van der Waals surface area contributed by atoms with Gasteiger partial charge in [0.2, 0.25) is 0 Å². The maximum Gasteiger partial charge on any atom is 0.303 e. The Bertz CT molecular complexity index is 513. The molecule has 0 radical (unpaired) electrons. The van der Waals surface area contributed by atoms with Crippen molar-refractivity contribution in [2.24, 2.45) is 11.8 Å². The second kappa shape index (κ2) is 14.5. The van der Waals surface area contributed by atoms with Crippen molar-refractivity contribution in [2.75, 3.05) is 13.7 Å². The van der Waals surface area contributed by atoms with Crippen LogP contribution < -0.4 is 0 Å². The fraction of sp³-hybridized carbons (Fsp3) is 0.727. The molecule has 1 saturated carbocycles. The second-order valence-electron chi connectivity index (χ2n) is 7.56. The quantitative estimate of drug-likeness (QED) is 0.290. The highest BCUT2D eigenvalue weighted by molar-refractivity contribution is 5.84. The van der Waals surface area contributed by atoms with Crippen LogP contribution in [0, 0.1) is 11.8 Å². The molecule has 1 aliphatic rings. The van der Waals surface area contributed by atoms with Crippen molar-refractivity contribution in [1.82, 2.24) is 0 Å². The minimum atomic E-state index is -0.804. The molecule has 1 rings (SSSR count). The summed E-state index contributed by atoms with van der Waals surface area (Å²) < 4.78 is 5.01. The van der Waals surface area contributed by atoms with Gasteiger partial charge >= 0.3 is 5.97 Å². The summed E-state index contributed by atoms with van der Waals surface area (Å²) in [5.74, 6) is -1.30. The number of carboxylic acids is 1. The van der Waals surface area contributed by atoms with Crippen molar-refractivity contribution in [1.29, 1.82) is 0 Å². The molecule has 0 spiro atoms. The second-order valence-corrected chi connectivity index (χ2v) is 7.56. The average molecular weight is 397 g/mol. The van der Waals surface area contributed by atoms with E-state index in [9.17, 15) is 19.8 Å². The van der Waals surface area contributed by atoms with Crippen LogP contribution in [0.15, 0.2) is 24.3 Å². The molecular weight excluding hydrogens is 360 g/mol. The number of Topliss-reactive ketones (excluding diaryl/α,β-unsaturated/α-hetero) is 1. The van der Waals surface area contributed by atoms with E-state index in [4.69, 9.17) is 9.84 Å². The Labute approximate surface area is 168 Å². The van der Waals surface area contributed by atoms with Crippen LogP contribution in [-0.4, -0.2) is 53.0 Å². The predicted molar refractivity (Wildman–Crippen MR) is 108 cm³/mol. The fourth-order valence-corrected chi connectivity index (χ4v) is 3.57. The topological polar surface area (TPSA) is 104 Å². The molecule has 0 aliphatic heterocycles.